The smallest absolute Gasteiger partial charge is 0.314 e. The van der Waals surface area contributed by atoms with Gasteiger partial charge in [-0.2, -0.15) is 0 Å². The highest BCUT2D eigenvalue weighted by atomic mass is 16.5. The van der Waals surface area contributed by atoms with E-state index in [0.717, 1.165) is 16.7 Å². The molecule has 18 heavy (non-hydrogen) atoms. The minimum absolute atomic E-state index is 0.188. The van der Waals surface area contributed by atoms with Crippen molar-refractivity contribution in [2.45, 2.75) is 13.3 Å². The first-order chi connectivity index (χ1) is 8.74. The van der Waals surface area contributed by atoms with Crippen molar-refractivity contribution in [3.63, 3.8) is 0 Å². The van der Waals surface area contributed by atoms with Gasteiger partial charge in [0, 0.05) is 12.1 Å². The highest BCUT2D eigenvalue weighted by molar-refractivity contribution is 6.02. The number of hydrogen-bond donors (Lipinski definition) is 1. The quantitative estimate of drug-likeness (QED) is 0.649. The molecule has 1 fully saturated rings. The molecule has 1 aromatic heterocycles. The molecular formula is C13H13N3O2. The fourth-order valence-electron chi connectivity index (χ4n) is 2.11. The van der Waals surface area contributed by atoms with Crippen LogP contribution in [0.2, 0.25) is 0 Å². The van der Waals surface area contributed by atoms with Gasteiger partial charge >= 0.3 is 5.97 Å². The molecular weight excluding hydrogens is 230 g/mol. The van der Waals surface area contributed by atoms with E-state index in [1.807, 2.05) is 31.2 Å². The van der Waals surface area contributed by atoms with Crippen LogP contribution < -0.4 is 0 Å². The molecule has 1 atom stereocenters. The lowest BCUT2D eigenvalue weighted by molar-refractivity contribution is -0.139. The SMILES string of the molecule is CC(=Nc1nc2ccccc2[nH]1)[C@@H]1CCOC1=O. The molecule has 0 saturated carbocycles. The van der Waals surface area contributed by atoms with Crippen LogP contribution in [0.15, 0.2) is 29.3 Å². The standard InChI is InChI=1S/C13H13N3O2/c1-8(9-6-7-18-12(9)17)14-13-15-10-4-2-3-5-11(10)16-13/h2-5,9H,6-7H2,1H3,(H,15,16)/t9-/m0/s1. The molecule has 1 N–H and O–H groups in total. The minimum atomic E-state index is -0.224. The molecule has 1 aliphatic rings. The van der Waals surface area contributed by atoms with Crippen LogP contribution in [0.4, 0.5) is 5.95 Å². The molecule has 1 aliphatic heterocycles. The number of para-hydroxylation sites is 2. The molecule has 0 spiro atoms. The van der Waals surface area contributed by atoms with Gasteiger partial charge in [0.2, 0.25) is 5.95 Å². The molecule has 2 heterocycles. The lowest BCUT2D eigenvalue weighted by Gasteiger charge is -2.02. The molecule has 5 heteroatoms. The maximum absolute atomic E-state index is 11.4. The number of aliphatic imine (C=N–C) groups is 1. The van der Waals surface area contributed by atoms with E-state index in [-0.39, 0.29) is 11.9 Å². The lowest BCUT2D eigenvalue weighted by atomic mass is 10.0. The molecule has 3 rings (SSSR count). The number of hydrogen-bond acceptors (Lipinski definition) is 4. The number of benzene rings is 1. The van der Waals surface area contributed by atoms with Crippen molar-refractivity contribution in [1.29, 1.82) is 0 Å². The van der Waals surface area contributed by atoms with Crippen molar-refractivity contribution in [2.75, 3.05) is 6.61 Å². The second-order valence-electron chi connectivity index (χ2n) is 4.34. The molecule has 0 radical (unpaired) electrons. The maximum atomic E-state index is 11.4. The van der Waals surface area contributed by atoms with Gasteiger partial charge in [-0.15, -0.1) is 0 Å². The summed E-state index contributed by atoms with van der Waals surface area (Å²) in [5.41, 5.74) is 2.56. The summed E-state index contributed by atoms with van der Waals surface area (Å²) in [6.45, 7) is 2.32. The predicted octanol–water partition coefficient (Wildman–Crippen LogP) is 2.22. The van der Waals surface area contributed by atoms with Crippen LogP contribution in [0.1, 0.15) is 13.3 Å². The molecule has 0 amide bonds. The number of aromatic amines is 1. The van der Waals surface area contributed by atoms with Crippen molar-refractivity contribution >= 4 is 28.7 Å². The lowest BCUT2D eigenvalue weighted by Crippen LogP contribution is -2.16. The average Bonchev–Trinajstić information content (AvgIpc) is 2.94. The van der Waals surface area contributed by atoms with Crippen LogP contribution in [0.5, 0.6) is 0 Å². The Kier molecular flexibility index (Phi) is 2.59. The van der Waals surface area contributed by atoms with Crippen molar-refractivity contribution in [3.8, 4) is 0 Å². The van der Waals surface area contributed by atoms with Crippen LogP contribution in [-0.2, 0) is 9.53 Å². The third-order valence-electron chi connectivity index (χ3n) is 3.10. The van der Waals surface area contributed by atoms with E-state index in [1.165, 1.54) is 0 Å². The number of ether oxygens (including phenoxy) is 1. The third kappa shape index (κ3) is 1.88. The summed E-state index contributed by atoms with van der Waals surface area (Å²) in [5, 5.41) is 0. The second kappa shape index (κ2) is 4.25. The fraction of sp³-hybridized carbons (Fsp3) is 0.308. The Balaban J connectivity index is 1.92. The second-order valence-corrected chi connectivity index (χ2v) is 4.34. The molecule has 0 aliphatic carbocycles. The van der Waals surface area contributed by atoms with Crippen molar-refractivity contribution < 1.29 is 9.53 Å². The first-order valence-corrected chi connectivity index (χ1v) is 5.90. The molecule has 92 valence electrons. The number of imidazole rings is 1. The number of nitrogens with one attached hydrogen (secondary N) is 1. The zero-order valence-corrected chi connectivity index (χ0v) is 10.0. The summed E-state index contributed by atoms with van der Waals surface area (Å²) in [6.07, 6.45) is 0.703. The van der Waals surface area contributed by atoms with E-state index >= 15 is 0 Å². The Bertz CT molecular complexity index is 597. The number of carbonyl (C=O) groups excluding carboxylic acids is 1. The number of aromatic nitrogens is 2. The zero-order chi connectivity index (χ0) is 12.5. The first-order valence-electron chi connectivity index (χ1n) is 5.90. The number of esters is 1. The number of cyclic esters (lactones) is 1. The Hall–Kier alpha value is -2.17. The summed E-state index contributed by atoms with van der Waals surface area (Å²) < 4.78 is 4.93. The van der Waals surface area contributed by atoms with Gasteiger partial charge in [-0.05, 0) is 19.1 Å². The van der Waals surface area contributed by atoms with Gasteiger partial charge < -0.3 is 9.72 Å². The van der Waals surface area contributed by atoms with Gasteiger partial charge in [-0.25, -0.2) is 9.98 Å². The molecule has 0 unspecified atom stereocenters. The highest BCUT2D eigenvalue weighted by Gasteiger charge is 2.29. The molecule has 1 aromatic carbocycles. The van der Waals surface area contributed by atoms with Crippen molar-refractivity contribution in [2.24, 2.45) is 10.9 Å². The monoisotopic (exact) mass is 243 g/mol. The summed E-state index contributed by atoms with van der Waals surface area (Å²) in [5.74, 6) is 0.124. The Morgan fingerprint density at radius 1 is 1.50 bits per heavy atom. The van der Waals surface area contributed by atoms with E-state index in [4.69, 9.17) is 4.74 Å². The fourth-order valence-corrected chi connectivity index (χ4v) is 2.11. The van der Waals surface area contributed by atoms with Crippen molar-refractivity contribution in [1.82, 2.24) is 9.97 Å². The predicted molar refractivity (Wildman–Crippen MR) is 67.9 cm³/mol. The number of rotatable bonds is 2. The Labute approximate surface area is 104 Å². The van der Waals surface area contributed by atoms with E-state index in [0.29, 0.717) is 19.0 Å². The first kappa shape index (κ1) is 11.0. The van der Waals surface area contributed by atoms with Gasteiger partial charge in [-0.3, -0.25) is 4.79 Å². The normalized spacial score (nSPS) is 20.4. The van der Waals surface area contributed by atoms with Gasteiger partial charge in [0.05, 0.1) is 23.6 Å². The number of fused-ring (bicyclic) bond motifs is 1. The molecule has 0 bridgehead atoms. The van der Waals surface area contributed by atoms with E-state index < -0.39 is 0 Å². The number of nitrogens with zero attached hydrogens (tertiary/aromatic N) is 2. The molecule has 2 aromatic rings. The number of carbonyl (C=O) groups is 1. The van der Waals surface area contributed by atoms with Crippen LogP contribution in [-0.4, -0.2) is 28.3 Å². The van der Waals surface area contributed by atoms with E-state index in [9.17, 15) is 4.79 Å². The summed E-state index contributed by atoms with van der Waals surface area (Å²) in [6, 6.07) is 7.73. The summed E-state index contributed by atoms with van der Waals surface area (Å²) in [4.78, 5) is 23.3. The topological polar surface area (TPSA) is 67.3 Å². The van der Waals surface area contributed by atoms with Gasteiger partial charge in [0.1, 0.15) is 0 Å². The Morgan fingerprint density at radius 2 is 2.33 bits per heavy atom. The third-order valence-corrected chi connectivity index (χ3v) is 3.10. The van der Waals surface area contributed by atoms with E-state index in [2.05, 4.69) is 15.0 Å². The van der Waals surface area contributed by atoms with Crippen LogP contribution in [0.3, 0.4) is 0 Å². The average molecular weight is 243 g/mol. The maximum Gasteiger partial charge on any atom is 0.314 e. The molecule has 5 nitrogen and oxygen atoms in total. The Morgan fingerprint density at radius 3 is 3.06 bits per heavy atom. The van der Waals surface area contributed by atoms with Gasteiger partial charge in [-0.1, -0.05) is 12.1 Å². The summed E-state index contributed by atoms with van der Waals surface area (Å²) in [7, 11) is 0. The largest absolute Gasteiger partial charge is 0.465 e. The van der Waals surface area contributed by atoms with Gasteiger partial charge in [0.25, 0.3) is 0 Å². The zero-order valence-electron chi connectivity index (χ0n) is 10.0. The number of H-pyrrole nitrogens is 1. The van der Waals surface area contributed by atoms with Gasteiger partial charge in [0.15, 0.2) is 0 Å². The van der Waals surface area contributed by atoms with Crippen LogP contribution >= 0.6 is 0 Å². The van der Waals surface area contributed by atoms with Crippen LogP contribution in [0, 0.1) is 5.92 Å². The minimum Gasteiger partial charge on any atom is -0.465 e. The van der Waals surface area contributed by atoms with Crippen molar-refractivity contribution in [3.05, 3.63) is 24.3 Å². The van der Waals surface area contributed by atoms with E-state index in [1.54, 1.807) is 0 Å². The summed E-state index contributed by atoms with van der Waals surface area (Å²) >= 11 is 0. The highest BCUT2D eigenvalue weighted by Crippen LogP contribution is 2.20. The van der Waals surface area contributed by atoms with Crippen LogP contribution in [0.25, 0.3) is 11.0 Å². The molecule has 1 saturated heterocycles.